The Bertz CT molecular complexity index is 439. The number of piperazine rings is 1. The van der Waals surface area contributed by atoms with Crippen LogP contribution in [0.4, 0.5) is 0 Å². The van der Waals surface area contributed by atoms with Crippen LogP contribution in [0.1, 0.15) is 50.3 Å². The maximum atomic E-state index is 3.54. The van der Waals surface area contributed by atoms with Gasteiger partial charge in [-0.2, -0.15) is 0 Å². The smallest absolute Gasteiger partial charge is 0.0357 e. The lowest BCUT2D eigenvalue weighted by Gasteiger charge is -2.47. The summed E-state index contributed by atoms with van der Waals surface area (Å²) in [5.41, 5.74) is 3.44. The van der Waals surface area contributed by atoms with E-state index < -0.39 is 0 Å². The van der Waals surface area contributed by atoms with Crippen molar-refractivity contribution in [1.82, 2.24) is 10.2 Å². The summed E-state index contributed by atoms with van der Waals surface area (Å²) >= 11 is 0. The third-order valence-electron chi connectivity index (χ3n) is 4.83. The Hall–Kier alpha value is -0.860. The number of hydrogen-bond donors (Lipinski definition) is 1. The van der Waals surface area contributed by atoms with Gasteiger partial charge in [0.1, 0.15) is 0 Å². The predicted molar refractivity (Wildman–Crippen MR) is 80.4 cm³/mol. The first-order valence-electron chi connectivity index (χ1n) is 7.74. The number of nitrogens with zero attached hydrogens (tertiary/aromatic N) is 1. The van der Waals surface area contributed by atoms with Gasteiger partial charge in [-0.15, -0.1) is 0 Å². The summed E-state index contributed by atoms with van der Waals surface area (Å²) in [6.45, 7) is 8.17. The largest absolute Gasteiger partial charge is 0.314 e. The lowest BCUT2D eigenvalue weighted by Crippen LogP contribution is -2.58. The minimum Gasteiger partial charge on any atom is -0.314 e. The van der Waals surface area contributed by atoms with Crippen LogP contribution < -0.4 is 5.32 Å². The van der Waals surface area contributed by atoms with Crippen LogP contribution in [-0.4, -0.2) is 30.1 Å². The van der Waals surface area contributed by atoms with E-state index in [1.54, 1.807) is 11.1 Å². The van der Waals surface area contributed by atoms with Gasteiger partial charge in [0, 0.05) is 31.2 Å². The second kappa shape index (κ2) is 5.26. The normalized spacial score (nSPS) is 27.6. The van der Waals surface area contributed by atoms with Gasteiger partial charge in [0.05, 0.1) is 0 Å². The highest BCUT2D eigenvalue weighted by atomic mass is 15.3. The van der Waals surface area contributed by atoms with Gasteiger partial charge in [0.2, 0.25) is 0 Å². The van der Waals surface area contributed by atoms with E-state index in [2.05, 4.69) is 48.3 Å². The average molecular weight is 258 g/mol. The molecule has 1 unspecified atom stereocenters. The van der Waals surface area contributed by atoms with Crippen LogP contribution in [0.2, 0.25) is 0 Å². The molecule has 0 bridgehead atoms. The number of hydrogen-bond acceptors (Lipinski definition) is 2. The fraction of sp³-hybridized carbons (Fsp3) is 0.647. The van der Waals surface area contributed by atoms with Crippen molar-refractivity contribution in [3.05, 3.63) is 35.4 Å². The van der Waals surface area contributed by atoms with E-state index >= 15 is 0 Å². The lowest BCUT2D eigenvalue weighted by molar-refractivity contribution is 0.0399. The molecule has 2 heteroatoms. The first-order chi connectivity index (χ1) is 9.18. The van der Waals surface area contributed by atoms with Crippen molar-refractivity contribution in [2.75, 3.05) is 19.6 Å². The Labute approximate surface area is 117 Å². The van der Waals surface area contributed by atoms with E-state index in [1.807, 2.05) is 0 Å². The zero-order valence-electron chi connectivity index (χ0n) is 12.3. The molecule has 1 aliphatic heterocycles. The summed E-state index contributed by atoms with van der Waals surface area (Å²) < 4.78 is 0. The number of aryl methyl sites for hydroxylation is 1. The monoisotopic (exact) mass is 258 g/mol. The van der Waals surface area contributed by atoms with E-state index in [9.17, 15) is 0 Å². The average Bonchev–Trinajstić information content (AvgIpc) is 2.61. The number of fused-ring (bicyclic) bond motifs is 1. The van der Waals surface area contributed by atoms with Gasteiger partial charge >= 0.3 is 0 Å². The highest BCUT2D eigenvalue weighted by Gasteiger charge is 2.36. The molecule has 19 heavy (non-hydrogen) atoms. The molecule has 1 heterocycles. The predicted octanol–water partition coefficient (Wildman–Crippen LogP) is 3.14. The van der Waals surface area contributed by atoms with Gasteiger partial charge < -0.3 is 5.32 Å². The van der Waals surface area contributed by atoms with Gasteiger partial charge in [-0.25, -0.2) is 0 Å². The fourth-order valence-corrected chi connectivity index (χ4v) is 3.80. The van der Waals surface area contributed by atoms with Crippen LogP contribution in [0.15, 0.2) is 24.3 Å². The number of rotatable bonds is 1. The van der Waals surface area contributed by atoms with Crippen molar-refractivity contribution < 1.29 is 0 Å². The third-order valence-corrected chi connectivity index (χ3v) is 4.83. The van der Waals surface area contributed by atoms with Crippen molar-refractivity contribution in [2.24, 2.45) is 0 Å². The van der Waals surface area contributed by atoms with Crippen molar-refractivity contribution >= 4 is 0 Å². The first-order valence-corrected chi connectivity index (χ1v) is 7.74. The van der Waals surface area contributed by atoms with E-state index in [0.29, 0.717) is 6.04 Å². The molecular weight excluding hydrogens is 232 g/mol. The minimum absolute atomic E-state index is 0.264. The Balaban J connectivity index is 1.95. The van der Waals surface area contributed by atoms with Crippen LogP contribution in [0.5, 0.6) is 0 Å². The highest BCUT2D eigenvalue weighted by Crippen LogP contribution is 2.37. The van der Waals surface area contributed by atoms with E-state index in [1.165, 1.54) is 32.2 Å². The van der Waals surface area contributed by atoms with Crippen molar-refractivity contribution in [1.29, 1.82) is 0 Å². The molecule has 3 rings (SSSR count). The molecule has 1 saturated heterocycles. The summed E-state index contributed by atoms with van der Waals surface area (Å²) in [5, 5.41) is 3.54. The molecule has 1 N–H and O–H groups in total. The summed E-state index contributed by atoms with van der Waals surface area (Å²) in [6, 6.07) is 9.73. The van der Waals surface area contributed by atoms with Crippen LogP contribution in [0.25, 0.3) is 0 Å². The number of nitrogens with one attached hydrogen (secondary N) is 1. The number of benzene rings is 1. The molecular formula is C17H26N2. The Kier molecular flexibility index (Phi) is 3.64. The minimum atomic E-state index is 0.264. The Morgan fingerprint density at radius 3 is 2.89 bits per heavy atom. The van der Waals surface area contributed by atoms with Crippen molar-refractivity contribution in [3.63, 3.8) is 0 Å². The quantitative estimate of drug-likeness (QED) is 0.779. The molecule has 104 valence electrons. The van der Waals surface area contributed by atoms with Crippen LogP contribution in [-0.2, 0) is 6.42 Å². The third kappa shape index (κ3) is 2.56. The first kappa shape index (κ1) is 13.1. The maximum Gasteiger partial charge on any atom is 0.0357 e. The van der Waals surface area contributed by atoms with E-state index in [-0.39, 0.29) is 5.54 Å². The van der Waals surface area contributed by atoms with Crippen molar-refractivity contribution in [3.8, 4) is 0 Å². The van der Waals surface area contributed by atoms with Crippen LogP contribution in [0.3, 0.4) is 0 Å². The molecule has 1 fully saturated rings. The van der Waals surface area contributed by atoms with Crippen molar-refractivity contribution in [2.45, 2.75) is 51.1 Å². The molecule has 1 aromatic carbocycles. The fourth-order valence-electron chi connectivity index (χ4n) is 3.80. The second-order valence-corrected chi connectivity index (χ2v) is 6.64. The van der Waals surface area contributed by atoms with Gasteiger partial charge in [-0.1, -0.05) is 30.7 Å². The second-order valence-electron chi connectivity index (χ2n) is 6.64. The molecule has 1 aromatic rings. The van der Waals surface area contributed by atoms with Crippen LogP contribution >= 0.6 is 0 Å². The SMILES string of the molecule is CC1(C)CNCCN1C1CCCCc2ccccc21. The van der Waals surface area contributed by atoms with E-state index in [0.717, 1.165) is 13.1 Å². The van der Waals surface area contributed by atoms with E-state index in [4.69, 9.17) is 0 Å². The molecule has 1 atom stereocenters. The molecule has 0 spiro atoms. The molecule has 2 nitrogen and oxygen atoms in total. The molecule has 1 aliphatic carbocycles. The summed E-state index contributed by atoms with van der Waals surface area (Å²) in [7, 11) is 0. The standard InChI is InChI=1S/C17H26N2/c1-17(2)13-18-11-12-19(17)16-10-6-4-8-14-7-3-5-9-15(14)16/h3,5,7,9,16,18H,4,6,8,10-13H2,1-2H3. The molecule has 2 aliphatic rings. The lowest BCUT2D eigenvalue weighted by atomic mass is 9.91. The summed E-state index contributed by atoms with van der Waals surface area (Å²) in [4.78, 5) is 2.74. The maximum absolute atomic E-state index is 3.54. The topological polar surface area (TPSA) is 15.3 Å². The van der Waals surface area contributed by atoms with Gasteiger partial charge in [-0.3, -0.25) is 4.90 Å². The zero-order valence-corrected chi connectivity index (χ0v) is 12.3. The van der Waals surface area contributed by atoms with Gasteiger partial charge in [-0.05, 0) is 44.2 Å². The highest BCUT2D eigenvalue weighted by molar-refractivity contribution is 5.31. The molecule has 0 amide bonds. The molecule has 0 radical (unpaired) electrons. The van der Waals surface area contributed by atoms with Gasteiger partial charge in [0.25, 0.3) is 0 Å². The van der Waals surface area contributed by atoms with Gasteiger partial charge in [0.15, 0.2) is 0 Å². The summed E-state index contributed by atoms with van der Waals surface area (Å²) in [5.74, 6) is 0. The Morgan fingerprint density at radius 2 is 2.05 bits per heavy atom. The summed E-state index contributed by atoms with van der Waals surface area (Å²) in [6.07, 6.45) is 5.29. The Morgan fingerprint density at radius 1 is 1.21 bits per heavy atom. The molecule has 0 saturated carbocycles. The zero-order chi connectivity index (χ0) is 13.3. The van der Waals surface area contributed by atoms with Crippen LogP contribution in [0, 0.1) is 0 Å². The molecule has 0 aromatic heterocycles.